The summed E-state index contributed by atoms with van der Waals surface area (Å²) in [6, 6.07) is 12.3. The van der Waals surface area contributed by atoms with E-state index in [1.807, 2.05) is 53.1 Å². The molecular weight excluding hydrogens is 452 g/mol. The van der Waals surface area contributed by atoms with Gasteiger partial charge in [-0.15, -0.1) is 0 Å². The van der Waals surface area contributed by atoms with Gasteiger partial charge in [0.2, 0.25) is 0 Å². The number of carbonyl (C=O) groups is 2. The Morgan fingerprint density at radius 2 is 1.75 bits per heavy atom. The van der Waals surface area contributed by atoms with Crippen LogP contribution in [0.15, 0.2) is 36.4 Å². The van der Waals surface area contributed by atoms with Gasteiger partial charge in [-0.25, -0.2) is 9.36 Å². The quantitative estimate of drug-likeness (QED) is 0.491. The van der Waals surface area contributed by atoms with Crippen molar-refractivity contribution in [1.29, 1.82) is 0 Å². The normalized spacial score (nSPS) is 13.5. The van der Waals surface area contributed by atoms with Gasteiger partial charge < -0.3 is 15.0 Å². The number of rotatable bonds is 7. The number of carbonyl (C=O) groups excluding carboxylic acids is 2. The number of amides is 1. The molecule has 1 aliphatic heterocycles. The molecule has 1 amide bonds. The second-order valence-corrected chi connectivity index (χ2v) is 10.8. The average Bonchev–Trinajstić information content (AvgIpc) is 3.35. The lowest BCUT2D eigenvalue weighted by atomic mass is 9.96. The van der Waals surface area contributed by atoms with Crippen LogP contribution in [0.1, 0.15) is 61.7 Å². The molecule has 3 aromatic rings. The van der Waals surface area contributed by atoms with E-state index in [-0.39, 0.29) is 5.91 Å². The highest BCUT2D eigenvalue weighted by atomic mass is 16.6. The molecule has 2 heterocycles. The van der Waals surface area contributed by atoms with Crippen molar-refractivity contribution >= 4 is 22.9 Å². The monoisotopic (exact) mass is 490 g/mol. The van der Waals surface area contributed by atoms with Gasteiger partial charge in [-0.1, -0.05) is 26.0 Å². The Morgan fingerprint density at radius 1 is 1.03 bits per heavy atom. The Labute approximate surface area is 214 Å². The minimum atomic E-state index is -0.653. The molecule has 0 fully saturated rings. The molecule has 0 saturated carbocycles. The predicted molar refractivity (Wildman–Crippen MR) is 144 cm³/mol. The zero-order valence-electron chi connectivity index (χ0n) is 22.6. The summed E-state index contributed by atoms with van der Waals surface area (Å²) in [6.07, 6.45) is -0.450. The van der Waals surface area contributed by atoms with Crippen LogP contribution in [-0.2, 0) is 24.4 Å². The first-order valence-electron chi connectivity index (χ1n) is 12.7. The lowest BCUT2D eigenvalue weighted by Gasteiger charge is -2.22. The van der Waals surface area contributed by atoms with Gasteiger partial charge in [0.25, 0.3) is 5.91 Å². The van der Waals surface area contributed by atoms with Crippen LogP contribution in [0.3, 0.4) is 0 Å². The molecule has 0 aliphatic carbocycles. The number of aromatic nitrogens is 1. The van der Waals surface area contributed by atoms with Crippen LogP contribution in [0.5, 0.6) is 0 Å². The number of hydrogen-bond donors (Lipinski definition) is 1. The first kappa shape index (κ1) is 25.9. The third-order valence-corrected chi connectivity index (χ3v) is 6.46. The second kappa shape index (κ2) is 10.1. The Hall–Kier alpha value is -3.16. The smallest absolute Gasteiger partial charge is 0.419 e. The number of ether oxygens (including phenoxy) is 1. The minimum Gasteiger partial charge on any atom is -0.443 e. The Morgan fingerprint density at radius 3 is 2.39 bits per heavy atom. The van der Waals surface area contributed by atoms with E-state index in [0.717, 1.165) is 53.8 Å². The molecule has 7 nitrogen and oxygen atoms in total. The molecule has 0 saturated heterocycles. The molecule has 1 aromatic heterocycles. The lowest BCUT2D eigenvalue weighted by Crippen LogP contribution is -2.27. The summed E-state index contributed by atoms with van der Waals surface area (Å²) in [7, 11) is 4.04. The van der Waals surface area contributed by atoms with Crippen molar-refractivity contribution in [2.45, 2.75) is 59.9 Å². The van der Waals surface area contributed by atoms with Gasteiger partial charge in [-0.2, -0.15) is 0 Å². The third kappa shape index (κ3) is 5.32. The van der Waals surface area contributed by atoms with Gasteiger partial charge in [0, 0.05) is 30.6 Å². The summed E-state index contributed by atoms with van der Waals surface area (Å²) in [6.45, 7) is 13.9. The Balaban J connectivity index is 1.94. The van der Waals surface area contributed by atoms with Crippen molar-refractivity contribution in [2.75, 3.05) is 27.2 Å². The van der Waals surface area contributed by atoms with Gasteiger partial charge in [0.05, 0.1) is 16.8 Å². The molecular formula is C29H38N4O3. The topological polar surface area (TPSA) is 66.8 Å². The number of nitrogens with one attached hydrogen (secondary N) is 1. The van der Waals surface area contributed by atoms with Crippen LogP contribution in [0.25, 0.3) is 22.2 Å². The molecule has 2 aromatic carbocycles. The van der Waals surface area contributed by atoms with Gasteiger partial charge >= 0.3 is 6.09 Å². The van der Waals surface area contributed by atoms with Crippen molar-refractivity contribution in [2.24, 2.45) is 0 Å². The molecule has 0 spiro atoms. The lowest BCUT2D eigenvalue weighted by molar-refractivity contribution is 0.0547. The zero-order chi connectivity index (χ0) is 26.2. The highest BCUT2D eigenvalue weighted by molar-refractivity contribution is 6.07. The van der Waals surface area contributed by atoms with Gasteiger partial charge in [0.15, 0.2) is 0 Å². The average molecular weight is 491 g/mol. The SMILES string of the molecule is CCN(CC)Cc1ccc2c(c1)cc(-c1cc(CN(C)C)cc3c1C(=O)NC3)n2C(=O)OC(C)(C)C. The van der Waals surface area contributed by atoms with Crippen LogP contribution in [-0.4, -0.2) is 59.2 Å². The van der Waals surface area contributed by atoms with Gasteiger partial charge in [0.1, 0.15) is 5.60 Å². The molecule has 0 unspecified atom stereocenters. The maximum atomic E-state index is 13.6. The summed E-state index contributed by atoms with van der Waals surface area (Å²) < 4.78 is 7.46. The molecule has 1 aliphatic rings. The van der Waals surface area contributed by atoms with Crippen LogP contribution in [0.4, 0.5) is 4.79 Å². The molecule has 36 heavy (non-hydrogen) atoms. The summed E-state index contributed by atoms with van der Waals surface area (Å²) >= 11 is 0. The van der Waals surface area contributed by atoms with Crippen LogP contribution in [0, 0.1) is 0 Å². The van der Waals surface area contributed by atoms with E-state index < -0.39 is 11.7 Å². The van der Waals surface area contributed by atoms with E-state index in [1.54, 1.807) is 4.57 Å². The molecule has 0 radical (unpaired) electrons. The third-order valence-electron chi connectivity index (χ3n) is 6.46. The summed E-state index contributed by atoms with van der Waals surface area (Å²) in [4.78, 5) is 30.9. The van der Waals surface area contributed by atoms with E-state index in [0.29, 0.717) is 17.8 Å². The van der Waals surface area contributed by atoms with Crippen molar-refractivity contribution in [3.8, 4) is 11.3 Å². The number of fused-ring (bicyclic) bond motifs is 2. The van der Waals surface area contributed by atoms with E-state index in [9.17, 15) is 9.59 Å². The van der Waals surface area contributed by atoms with Crippen molar-refractivity contribution in [3.05, 3.63) is 58.7 Å². The summed E-state index contributed by atoms with van der Waals surface area (Å²) in [5.74, 6) is -0.111. The summed E-state index contributed by atoms with van der Waals surface area (Å²) in [5.41, 5.74) is 5.41. The molecule has 7 heteroatoms. The van der Waals surface area contributed by atoms with Crippen molar-refractivity contribution in [1.82, 2.24) is 19.7 Å². The fourth-order valence-corrected chi connectivity index (χ4v) is 4.87. The Bertz CT molecular complexity index is 1300. The largest absolute Gasteiger partial charge is 0.443 e. The number of nitrogens with zero attached hydrogens (tertiary/aromatic N) is 3. The standard InChI is InChI=1S/C29H38N4O3/c1-8-32(9-2)18-19-10-11-24-21(12-19)15-25(33(24)28(35)36-29(3,4)5)23-14-20(17-31(6)7)13-22-16-30-27(34)26(22)23/h10-15H,8-9,16-18H2,1-7H3,(H,30,34). The van der Waals surface area contributed by atoms with Crippen LogP contribution >= 0.6 is 0 Å². The maximum Gasteiger partial charge on any atom is 0.419 e. The molecule has 4 rings (SSSR count). The zero-order valence-corrected chi connectivity index (χ0v) is 22.6. The maximum absolute atomic E-state index is 13.6. The van der Waals surface area contributed by atoms with Crippen LogP contribution < -0.4 is 5.32 Å². The number of hydrogen-bond acceptors (Lipinski definition) is 5. The second-order valence-electron chi connectivity index (χ2n) is 10.8. The van der Waals surface area contributed by atoms with E-state index in [2.05, 4.69) is 47.2 Å². The van der Waals surface area contributed by atoms with E-state index in [4.69, 9.17) is 4.74 Å². The van der Waals surface area contributed by atoms with Gasteiger partial charge in [-0.05, 0) is 88.9 Å². The van der Waals surface area contributed by atoms with Crippen LogP contribution in [0.2, 0.25) is 0 Å². The predicted octanol–water partition coefficient (Wildman–Crippen LogP) is 5.24. The van der Waals surface area contributed by atoms with Gasteiger partial charge in [-0.3, -0.25) is 9.69 Å². The van der Waals surface area contributed by atoms with Crippen molar-refractivity contribution in [3.63, 3.8) is 0 Å². The Kier molecular flexibility index (Phi) is 7.25. The fraction of sp³-hybridized carbons (Fsp3) is 0.448. The first-order chi connectivity index (χ1) is 17.0. The van der Waals surface area contributed by atoms with Crippen molar-refractivity contribution < 1.29 is 14.3 Å². The fourth-order valence-electron chi connectivity index (χ4n) is 4.87. The molecule has 0 bridgehead atoms. The minimum absolute atomic E-state index is 0.111. The van der Waals surface area contributed by atoms with E-state index in [1.165, 1.54) is 5.56 Å². The highest BCUT2D eigenvalue weighted by Crippen LogP contribution is 2.36. The van der Waals surface area contributed by atoms with E-state index >= 15 is 0 Å². The molecule has 1 N–H and O–H groups in total. The molecule has 0 atom stereocenters. The number of benzene rings is 2. The highest BCUT2D eigenvalue weighted by Gasteiger charge is 2.29. The molecule has 192 valence electrons. The first-order valence-corrected chi connectivity index (χ1v) is 12.7. The summed E-state index contributed by atoms with van der Waals surface area (Å²) in [5, 5.41) is 3.91.